The second-order valence-corrected chi connectivity index (χ2v) is 5.52. The van der Waals surface area contributed by atoms with Gasteiger partial charge in [-0.25, -0.2) is 0 Å². The van der Waals surface area contributed by atoms with Gasteiger partial charge in [0.2, 0.25) is 0 Å². The maximum absolute atomic E-state index is 3.43. The monoisotopic (exact) mass is 232 g/mol. The fraction of sp³-hybridized carbons (Fsp3) is 0.600. The van der Waals surface area contributed by atoms with Crippen LogP contribution in [0.3, 0.4) is 0 Å². The molecule has 1 fully saturated rings. The molecule has 2 heteroatoms. The molecule has 2 N–H and O–H groups in total. The van der Waals surface area contributed by atoms with Crippen LogP contribution in [-0.4, -0.2) is 20.1 Å². The fourth-order valence-electron chi connectivity index (χ4n) is 2.48. The number of piperidine rings is 1. The molecule has 0 radical (unpaired) electrons. The van der Waals surface area contributed by atoms with E-state index in [-0.39, 0.29) is 5.54 Å². The zero-order chi connectivity index (χ0) is 12.3. The van der Waals surface area contributed by atoms with E-state index in [1.165, 1.54) is 24.0 Å². The van der Waals surface area contributed by atoms with E-state index in [9.17, 15) is 0 Å². The van der Waals surface area contributed by atoms with Crippen LogP contribution in [0.1, 0.15) is 43.7 Å². The van der Waals surface area contributed by atoms with Gasteiger partial charge in [-0.1, -0.05) is 24.3 Å². The van der Waals surface area contributed by atoms with Gasteiger partial charge >= 0.3 is 0 Å². The molecule has 1 saturated heterocycles. The van der Waals surface area contributed by atoms with Crippen LogP contribution in [0.25, 0.3) is 0 Å². The number of benzene rings is 1. The third-order valence-electron chi connectivity index (χ3n) is 4.04. The topological polar surface area (TPSA) is 24.1 Å². The lowest BCUT2D eigenvalue weighted by Crippen LogP contribution is -2.33. The first-order chi connectivity index (χ1) is 8.13. The molecule has 0 bridgehead atoms. The van der Waals surface area contributed by atoms with E-state index in [1.54, 1.807) is 0 Å². The first-order valence-corrected chi connectivity index (χ1v) is 6.63. The van der Waals surface area contributed by atoms with Crippen LogP contribution in [0, 0.1) is 0 Å². The molecule has 0 saturated carbocycles. The van der Waals surface area contributed by atoms with Crippen LogP contribution in [0.15, 0.2) is 24.3 Å². The number of nitrogens with one attached hydrogen (secondary N) is 2. The van der Waals surface area contributed by atoms with Crippen molar-refractivity contribution in [2.24, 2.45) is 0 Å². The average molecular weight is 232 g/mol. The van der Waals surface area contributed by atoms with E-state index in [0.29, 0.717) is 0 Å². The van der Waals surface area contributed by atoms with Crippen molar-refractivity contribution < 1.29 is 0 Å². The van der Waals surface area contributed by atoms with Gasteiger partial charge in [0.25, 0.3) is 0 Å². The zero-order valence-electron chi connectivity index (χ0n) is 11.2. The van der Waals surface area contributed by atoms with Crippen molar-refractivity contribution in [3.05, 3.63) is 35.4 Å². The van der Waals surface area contributed by atoms with Crippen molar-refractivity contribution in [1.82, 2.24) is 10.6 Å². The van der Waals surface area contributed by atoms with Crippen molar-refractivity contribution in [3.63, 3.8) is 0 Å². The minimum Gasteiger partial charge on any atom is -0.317 e. The summed E-state index contributed by atoms with van der Waals surface area (Å²) in [5, 5.41) is 6.80. The van der Waals surface area contributed by atoms with Gasteiger partial charge in [-0.05, 0) is 63.9 Å². The molecule has 0 spiro atoms. The van der Waals surface area contributed by atoms with Crippen molar-refractivity contribution in [3.8, 4) is 0 Å². The van der Waals surface area contributed by atoms with Crippen molar-refractivity contribution in [1.29, 1.82) is 0 Å². The molecule has 0 unspecified atom stereocenters. The molecule has 0 amide bonds. The molecule has 2 rings (SSSR count). The summed E-state index contributed by atoms with van der Waals surface area (Å²) < 4.78 is 0. The van der Waals surface area contributed by atoms with E-state index in [0.717, 1.165) is 19.0 Å². The van der Waals surface area contributed by atoms with Gasteiger partial charge in [0.15, 0.2) is 0 Å². The van der Waals surface area contributed by atoms with Crippen LogP contribution in [0.4, 0.5) is 0 Å². The molecule has 1 aromatic carbocycles. The second-order valence-electron chi connectivity index (χ2n) is 5.52. The SMILES string of the molecule is CNC(C)(C)c1cccc(C2CCNCC2)c1. The smallest absolute Gasteiger partial charge is 0.0375 e. The molecule has 0 aliphatic carbocycles. The molecule has 1 aliphatic rings. The predicted octanol–water partition coefficient (Wildman–Crippen LogP) is 2.61. The Kier molecular flexibility index (Phi) is 3.85. The van der Waals surface area contributed by atoms with Gasteiger partial charge < -0.3 is 10.6 Å². The number of rotatable bonds is 3. The van der Waals surface area contributed by atoms with Gasteiger partial charge in [0.05, 0.1) is 0 Å². The zero-order valence-corrected chi connectivity index (χ0v) is 11.2. The van der Waals surface area contributed by atoms with Crippen LogP contribution in [-0.2, 0) is 5.54 Å². The van der Waals surface area contributed by atoms with Gasteiger partial charge in [0, 0.05) is 5.54 Å². The molecule has 0 atom stereocenters. The highest BCUT2D eigenvalue weighted by atomic mass is 14.9. The highest BCUT2D eigenvalue weighted by Crippen LogP contribution is 2.28. The average Bonchev–Trinajstić information content (AvgIpc) is 2.40. The normalized spacial score (nSPS) is 18.3. The highest BCUT2D eigenvalue weighted by Gasteiger charge is 2.20. The molecule has 17 heavy (non-hydrogen) atoms. The third kappa shape index (κ3) is 2.88. The number of hydrogen-bond acceptors (Lipinski definition) is 2. The Balaban J connectivity index is 2.21. The summed E-state index contributed by atoms with van der Waals surface area (Å²) in [5.41, 5.74) is 2.95. The number of hydrogen-bond donors (Lipinski definition) is 2. The Morgan fingerprint density at radius 2 is 1.94 bits per heavy atom. The van der Waals surface area contributed by atoms with Gasteiger partial charge in [-0.15, -0.1) is 0 Å². The van der Waals surface area contributed by atoms with Crippen molar-refractivity contribution in [2.75, 3.05) is 20.1 Å². The molecular formula is C15H24N2. The lowest BCUT2D eigenvalue weighted by atomic mass is 9.86. The summed E-state index contributed by atoms with van der Waals surface area (Å²) in [7, 11) is 2.03. The first-order valence-electron chi connectivity index (χ1n) is 6.63. The van der Waals surface area contributed by atoms with Crippen molar-refractivity contribution in [2.45, 2.75) is 38.1 Å². The minimum atomic E-state index is 0.0585. The predicted molar refractivity (Wildman–Crippen MR) is 73.4 cm³/mol. The van der Waals surface area contributed by atoms with E-state index in [4.69, 9.17) is 0 Å². The lowest BCUT2D eigenvalue weighted by Gasteiger charge is -2.28. The summed E-state index contributed by atoms with van der Waals surface area (Å²) >= 11 is 0. The van der Waals surface area contributed by atoms with Gasteiger partial charge in [0.1, 0.15) is 0 Å². The van der Waals surface area contributed by atoms with Gasteiger partial charge in [-0.3, -0.25) is 0 Å². The first kappa shape index (κ1) is 12.6. The Bertz CT molecular complexity index is 365. The Morgan fingerprint density at radius 1 is 1.24 bits per heavy atom. The van der Waals surface area contributed by atoms with Crippen LogP contribution in [0.5, 0.6) is 0 Å². The summed E-state index contributed by atoms with van der Waals surface area (Å²) in [6.45, 7) is 6.78. The molecule has 2 nitrogen and oxygen atoms in total. The van der Waals surface area contributed by atoms with E-state index in [2.05, 4.69) is 48.7 Å². The van der Waals surface area contributed by atoms with Crippen LogP contribution < -0.4 is 10.6 Å². The Hall–Kier alpha value is -0.860. The van der Waals surface area contributed by atoms with E-state index < -0.39 is 0 Å². The molecule has 1 heterocycles. The summed E-state index contributed by atoms with van der Waals surface area (Å²) in [6, 6.07) is 9.09. The van der Waals surface area contributed by atoms with Crippen LogP contribution in [0.2, 0.25) is 0 Å². The Labute approximate surface area is 105 Å². The third-order valence-corrected chi connectivity index (χ3v) is 4.04. The summed E-state index contributed by atoms with van der Waals surface area (Å²) in [4.78, 5) is 0. The quantitative estimate of drug-likeness (QED) is 0.837. The molecule has 0 aromatic heterocycles. The van der Waals surface area contributed by atoms with E-state index >= 15 is 0 Å². The molecule has 1 aromatic rings. The minimum absolute atomic E-state index is 0.0585. The summed E-state index contributed by atoms with van der Waals surface area (Å²) in [6.07, 6.45) is 2.53. The maximum Gasteiger partial charge on any atom is 0.0375 e. The Morgan fingerprint density at radius 3 is 2.59 bits per heavy atom. The molecule has 1 aliphatic heterocycles. The van der Waals surface area contributed by atoms with E-state index in [1.807, 2.05) is 7.05 Å². The van der Waals surface area contributed by atoms with Crippen LogP contribution >= 0.6 is 0 Å². The molecular weight excluding hydrogens is 208 g/mol. The second kappa shape index (κ2) is 5.19. The summed E-state index contributed by atoms with van der Waals surface area (Å²) in [5.74, 6) is 0.740. The fourth-order valence-corrected chi connectivity index (χ4v) is 2.48. The largest absolute Gasteiger partial charge is 0.317 e. The molecule has 94 valence electrons. The lowest BCUT2D eigenvalue weighted by molar-refractivity contribution is 0.439. The standard InChI is InChI=1S/C15H24N2/c1-15(2,16-3)14-6-4-5-13(11-14)12-7-9-17-10-8-12/h4-6,11-12,16-17H,7-10H2,1-3H3. The maximum atomic E-state index is 3.43. The van der Waals surface area contributed by atoms with Crippen molar-refractivity contribution >= 4 is 0 Å². The highest BCUT2D eigenvalue weighted by molar-refractivity contribution is 5.31. The van der Waals surface area contributed by atoms with Gasteiger partial charge in [-0.2, -0.15) is 0 Å².